The third-order valence-corrected chi connectivity index (χ3v) is 8.24. The summed E-state index contributed by atoms with van der Waals surface area (Å²) in [5.41, 5.74) is 0. The van der Waals surface area contributed by atoms with Gasteiger partial charge in [-0.2, -0.15) is 0 Å². The lowest BCUT2D eigenvalue weighted by molar-refractivity contribution is 0.195. The van der Waals surface area contributed by atoms with E-state index in [1.54, 1.807) is 0 Å². The summed E-state index contributed by atoms with van der Waals surface area (Å²) in [6.45, 7) is 14.8. The highest BCUT2D eigenvalue weighted by Gasteiger charge is 2.24. The fourth-order valence-corrected chi connectivity index (χ4v) is 4.93. The van der Waals surface area contributed by atoms with Gasteiger partial charge in [0, 0.05) is 0 Å². The van der Waals surface area contributed by atoms with Crippen LogP contribution in [0.4, 0.5) is 0 Å². The molecule has 0 amide bonds. The molecule has 3 nitrogen and oxygen atoms in total. The molecule has 3 unspecified atom stereocenters. The maximum absolute atomic E-state index is 13.2. The summed E-state index contributed by atoms with van der Waals surface area (Å²) >= 11 is 0. The first-order valence-electron chi connectivity index (χ1n) is 12.2. The van der Waals surface area contributed by atoms with Gasteiger partial charge in [-0.1, -0.05) is 99.3 Å². The number of unbranched alkanes of at least 4 members (excludes halogenated alkanes) is 3. The standard InChI is InChI=1S/C24H51O3P/c1-7-22(4)16-10-13-19-26-28(25,21-15-12-18-24(6)9-3)27-20-14-11-17-23(5)8-2/h22-24H,7-21H2,1-6H3. The van der Waals surface area contributed by atoms with E-state index >= 15 is 0 Å². The summed E-state index contributed by atoms with van der Waals surface area (Å²) in [6, 6.07) is 0. The van der Waals surface area contributed by atoms with E-state index in [-0.39, 0.29) is 0 Å². The quantitative estimate of drug-likeness (QED) is 0.146. The molecule has 0 saturated carbocycles. The molecule has 0 bridgehead atoms. The number of hydrogen-bond donors (Lipinski definition) is 0. The molecule has 0 radical (unpaired) electrons. The molecular formula is C24H51O3P. The minimum atomic E-state index is -2.93. The summed E-state index contributed by atoms with van der Waals surface area (Å²) in [6.07, 6.45) is 14.3. The molecule has 28 heavy (non-hydrogen) atoms. The summed E-state index contributed by atoms with van der Waals surface area (Å²) in [5.74, 6) is 2.30. The zero-order valence-corrected chi connectivity index (χ0v) is 20.9. The second kappa shape index (κ2) is 18.0. The topological polar surface area (TPSA) is 35.5 Å². The molecule has 0 aliphatic carbocycles. The van der Waals surface area contributed by atoms with Crippen LogP contribution in [0.25, 0.3) is 0 Å². The zero-order chi connectivity index (χ0) is 21.3. The fourth-order valence-electron chi connectivity index (χ4n) is 3.17. The molecule has 4 heteroatoms. The molecular weight excluding hydrogens is 367 g/mol. The van der Waals surface area contributed by atoms with Crippen LogP contribution in [0, 0.1) is 17.8 Å². The van der Waals surface area contributed by atoms with Crippen molar-refractivity contribution >= 4 is 7.60 Å². The fraction of sp³-hybridized carbons (Fsp3) is 1.00. The highest BCUT2D eigenvalue weighted by molar-refractivity contribution is 7.53. The average molecular weight is 419 g/mol. The molecule has 0 aromatic carbocycles. The van der Waals surface area contributed by atoms with Crippen molar-refractivity contribution in [3.05, 3.63) is 0 Å². The molecule has 170 valence electrons. The van der Waals surface area contributed by atoms with Gasteiger partial charge in [-0.3, -0.25) is 4.57 Å². The highest BCUT2D eigenvalue weighted by atomic mass is 31.2. The molecule has 0 rings (SSSR count). The average Bonchev–Trinajstić information content (AvgIpc) is 2.70. The first-order valence-corrected chi connectivity index (χ1v) is 14.0. The third-order valence-electron chi connectivity index (χ3n) is 6.23. The van der Waals surface area contributed by atoms with Crippen molar-refractivity contribution in [3.8, 4) is 0 Å². The molecule has 3 atom stereocenters. The number of hydrogen-bond acceptors (Lipinski definition) is 3. The van der Waals surface area contributed by atoms with Crippen molar-refractivity contribution in [2.24, 2.45) is 17.8 Å². The van der Waals surface area contributed by atoms with Crippen molar-refractivity contribution in [1.82, 2.24) is 0 Å². The van der Waals surface area contributed by atoms with Crippen LogP contribution in [-0.2, 0) is 13.6 Å². The molecule has 0 spiro atoms. The van der Waals surface area contributed by atoms with Gasteiger partial charge in [0.2, 0.25) is 0 Å². The van der Waals surface area contributed by atoms with Gasteiger partial charge in [0.15, 0.2) is 0 Å². The van der Waals surface area contributed by atoms with E-state index in [0.29, 0.717) is 19.4 Å². The van der Waals surface area contributed by atoms with Gasteiger partial charge >= 0.3 is 7.60 Å². The summed E-state index contributed by atoms with van der Waals surface area (Å²) in [4.78, 5) is 0. The maximum atomic E-state index is 13.2. The lowest BCUT2D eigenvalue weighted by Crippen LogP contribution is -2.05. The van der Waals surface area contributed by atoms with Crippen LogP contribution < -0.4 is 0 Å². The van der Waals surface area contributed by atoms with Gasteiger partial charge in [0.05, 0.1) is 19.4 Å². The van der Waals surface area contributed by atoms with E-state index < -0.39 is 7.60 Å². The van der Waals surface area contributed by atoms with Crippen LogP contribution in [0.2, 0.25) is 0 Å². The first kappa shape index (κ1) is 28.1. The van der Waals surface area contributed by atoms with Crippen molar-refractivity contribution in [3.63, 3.8) is 0 Å². The molecule has 0 saturated heterocycles. The van der Waals surface area contributed by atoms with E-state index in [9.17, 15) is 4.57 Å². The Bertz CT molecular complexity index is 362. The molecule has 0 aliphatic heterocycles. The van der Waals surface area contributed by atoms with Gasteiger partial charge < -0.3 is 9.05 Å². The molecule has 0 fully saturated rings. The van der Waals surface area contributed by atoms with Gasteiger partial charge in [-0.25, -0.2) is 0 Å². The second-order valence-electron chi connectivity index (χ2n) is 9.03. The Kier molecular flexibility index (Phi) is 18.1. The monoisotopic (exact) mass is 418 g/mol. The third kappa shape index (κ3) is 16.0. The van der Waals surface area contributed by atoms with Crippen molar-refractivity contribution in [2.75, 3.05) is 19.4 Å². The van der Waals surface area contributed by atoms with Crippen LogP contribution in [0.3, 0.4) is 0 Å². The van der Waals surface area contributed by atoms with Crippen LogP contribution in [0.5, 0.6) is 0 Å². The molecule has 0 heterocycles. The highest BCUT2D eigenvalue weighted by Crippen LogP contribution is 2.49. The summed E-state index contributed by atoms with van der Waals surface area (Å²) < 4.78 is 24.9. The van der Waals surface area contributed by atoms with Crippen LogP contribution in [0.15, 0.2) is 0 Å². The largest absolute Gasteiger partial charge is 0.330 e. The minimum Gasteiger partial charge on any atom is -0.309 e. The van der Waals surface area contributed by atoms with E-state index in [0.717, 1.165) is 56.3 Å². The van der Waals surface area contributed by atoms with Crippen LogP contribution in [0.1, 0.15) is 119 Å². The van der Waals surface area contributed by atoms with Gasteiger partial charge in [-0.05, 0) is 37.0 Å². The smallest absolute Gasteiger partial charge is 0.309 e. The van der Waals surface area contributed by atoms with E-state index in [1.807, 2.05) is 0 Å². The lowest BCUT2D eigenvalue weighted by atomic mass is 10.0. The van der Waals surface area contributed by atoms with Crippen LogP contribution >= 0.6 is 7.60 Å². The molecule has 0 N–H and O–H groups in total. The van der Waals surface area contributed by atoms with E-state index in [1.165, 1.54) is 38.5 Å². The second-order valence-corrected chi connectivity index (χ2v) is 11.2. The Hall–Kier alpha value is 0.150. The van der Waals surface area contributed by atoms with Gasteiger partial charge in [0.25, 0.3) is 0 Å². The Morgan fingerprint density at radius 3 is 1.32 bits per heavy atom. The SMILES string of the molecule is CCC(C)CCCCOP(=O)(CCCCC(C)CC)OCCCCC(C)CC. The molecule has 0 aromatic rings. The maximum Gasteiger partial charge on any atom is 0.330 e. The number of rotatable bonds is 20. The predicted octanol–water partition coefficient (Wildman–Crippen LogP) is 8.86. The molecule has 0 aliphatic rings. The minimum absolute atomic E-state index is 0.575. The normalized spacial score (nSPS) is 17.2. The predicted molar refractivity (Wildman–Crippen MR) is 124 cm³/mol. The zero-order valence-electron chi connectivity index (χ0n) is 20.0. The van der Waals surface area contributed by atoms with Crippen molar-refractivity contribution in [2.45, 2.75) is 119 Å². The van der Waals surface area contributed by atoms with E-state index in [2.05, 4.69) is 41.5 Å². The van der Waals surface area contributed by atoms with Crippen molar-refractivity contribution < 1.29 is 13.6 Å². The van der Waals surface area contributed by atoms with Gasteiger partial charge in [-0.15, -0.1) is 0 Å². The van der Waals surface area contributed by atoms with Crippen molar-refractivity contribution in [1.29, 1.82) is 0 Å². The Balaban J connectivity index is 4.25. The van der Waals surface area contributed by atoms with Crippen LogP contribution in [-0.4, -0.2) is 19.4 Å². The Labute approximate surface area is 177 Å². The van der Waals surface area contributed by atoms with Gasteiger partial charge in [0.1, 0.15) is 0 Å². The Morgan fingerprint density at radius 2 is 0.964 bits per heavy atom. The summed E-state index contributed by atoms with van der Waals surface area (Å²) in [5, 5.41) is 0. The first-order chi connectivity index (χ1) is 13.4. The lowest BCUT2D eigenvalue weighted by Gasteiger charge is -2.19. The molecule has 0 aromatic heterocycles. The Morgan fingerprint density at radius 1 is 0.607 bits per heavy atom. The van der Waals surface area contributed by atoms with E-state index in [4.69, 9.17) is 9.05 Å². The summed E-state index contributed by atoms with van der Waals surface area (Å²) in [7, 11) is -2.93.